The molecule has 1 saturated carbocycles. The van der Waals surface area contributed by atoms with Crippen LogP contribution in [-0.2, 0) is 10.0 Å². The minimum atomic E-state index is -3.72. The fraction of sp³-hybridized carbons (Fsp3) is 0.538. The van der Waals surface area contributed by atoms with Gasteiger partial charge in [-0.25, -0.2) is 13.6 Å². The third-order valence-corrected chi connectivity index (χ3v) is 4.65. The second-order valence-electron chi connectivity index (χ2n) is 5.31. The van der Waals surface area contributed by atoms with Crippen LogP contribution in [0.2, 0.25) is 0 Å². The molecule has 0 bridgehead atoms. The zero-order chi connectivity index (χ0) is 14.0. The molecule has 5 N–H and O–H groups in total. The first-order valence-electron chi connectivity index (χ1n) is 6.56. The summed E-state index contributed by atoms with van der Waals surface area (Å²) in [6, 6.07) is 4.95. The van der Waals surface area contributed by atoms with Crippen molar-refractivity contribution in [3.8, 4) is 0 Å². The Morgan fingerprint density at radius 1 is 1.26 bits per heavy atom. The Hall–Kier alpha value is -1.27. The Balaban J connectivity index is 2.18. The van der Waals surface area contributed by atoms with E-state index in [1.165, 1.54) is 37.8 Å². The lowest BCUT2D eigenvalue weighted by Gasteiger charge is -2.22. The first-order valence-corrected chi connectivity index (χ1v) is 8.11. The van der Waals surface area contributed by atoms with Crippen molar-refractivity contribution in [2.45, 2.75) is 43.5 Å². The number of hydrogen-bond acceptors (Lipinski definition) is 4. The maximum absolute atomic E-state index is 11.4. The van der Waals surface area contributed by atoms with Gasteiger partial charge in [0.15, 0.2) is 0 Å². The van der Waals surface area contributed by atoms with Crippen LogP contribution in [0, 0.1) is 5.92 Å². The number of benzene rings is 1. The minimum absolute atomic E-state index is 0.0496. The number of nitrogens with one attached hydrogen (secondary N) is 1. The van der Waals surface area contributed by atoms with E-state index < -0.39 is 10.0 Å². The summed E-state index contributed by atoms with van der Waals surface area (Å²) in [5.74, 6) is 0.638. The van der Waals surface area contributed by atoms with E-state index in [0.29, 0.717) is 23.3 Å². The lowest BCUT2D eigenvalue weighted by atomic mass is 9.99. The Bertz CT molecular complexity index is 551. The molecule has 106 valence electrons. The highest BCUT2D eigenvalue weighted by Gasteiger charge is 2.21. The molecular formula is C13H21N3O2S. The van der Waals surface area contributed by atoms with Crippen LogP contribution in [0.25, 0.3) is 0 Å². The van der Waals surface area contributed by atoms with E-state index in [1.54, 1.807) is 6.07 Å². The Morgan fingerprint density at radius 2 is 1.89 bits per heavy atom. The van der Waals surface area contributed by atoms with Crippen LogP contribution in [0.15, 0.2) is 23.1 Å². The molecule has 0 aromatic heterocycles. The maximum atomic E-state index is 11.4. The van der Waals surface area contributed by atoms with Gasteiger partial charge in [0, 0.05) is 17.4 Å². The highest BCUT2D eigenvalue weighted by atomic mass is 32.2. The van der Waals surface area contributed by atoms with Gasteiger partial charge >= 0.3 is 0 Å². The molecule has 2 rings (SSSR count). The van der Waals surface area contributed by atoms with E-state index in [1.807, 2.05) is 0 Å². The minimum Gasteiger partial charge on any atom is -0.399 e. The van der Waals surface area contributed by atoms with Gasteiger partial charge in [0.05, 0.1) is 4.90 Å². The largest absolute Gasteiger partial charge is 0.399 e. The third kappa shape index (κ3) is 3.61. The number of nitrogens with two attached hydrogens (primary N) is 2. The van der Waals surface area contributed by atoms with Gasteiger partial charge in [-0.1, -0.05) is 12.8 Å². The Morgan fingerprint density at radius 3 is 2.47 bits per heavy atom. The van der Waals surface area contributed by atoms with Gasteiger partial charge in [0.1, 0.15) is 0 Å². The smallest absolute Gasteiger partial charge is 0.238 e. The molecule has 1 fully saturated rings. The zero-order valence-electron chi connectivity index (χ0n) is 11.1. The van der Waals surface area contributed by atoms with Crippen LogP contribution in [0.1, 0.15) is 32.6 Å². The molecule has 5 nitrogen and oxygen atoms in total. The van der Waals surface area contributed by atoms with Crippen LogP contribution >= 0.6 is 0 Å². The molecule has 0 spiro atoms. The van der Waals surface area contributed by atoms with Crippen molar-refractivity contribution in [1.29, 1.82) is 0 Å². The van der Waals surface area contributed by atoms with Gasteiger partial charge in [0.2, 0.25) is 10.0 Å². The van der Waals surface area contributed by atoms with E-state index in [2.05, 4.69) is 12.2 Å². The summed E-state index contributed by atoms with van der Waals surface area (Å²) in [5.41, 5.74) is 6.83. The van der Waals surface area contributed by atoms with Gasteiger partial charge < -0.3 is 11.1 Å². The monoisotopic (exact) mass is 283 g/mol. The molecular weight excluding hydrogens is 262 g/mol. The van der Waals surface area contributed by atoms with Gasteiger partial charge in [-0.15, -0.1) is 0 Å². The molecule has 0 saturated heterocycles. The molecule has 0 radical (unpaired) electrons. The Kier molecular flexibility index (Phi) is 4.01. The molecule has 0 aliphatic heterocycles. The predicted octanol–water partition coefficient (Wildman–Crippen LogP) is 1.91. The average molecular weight is 283 g/mol. The number of rotatable bonds is 4. The average Bonchev–Trinajstić information content (AvgIpc) is 2.80. The molecule has 1 aliphatic carbocycles. The highest BCUT2D eigenvalue weighted by molar-refractivity contribution is 7.89. The lowest BCUT2D eigenvalue weighted by molar-refractivity contribution is 0.482. The van der Waals surface area contributed by atoms with Crippen molar-refractivity contribution in [3.63, 3.8) is 0 Å². The third-order valence-electron chi connectivity index (χ3n) is 3.76. The molecule has 6 heteroatoms. The van der Waals surface area contributed by atoms with Crippen molar-refractivity contribution in [2.24, 2.45) is 11.1 Å². The fourth-order valence-corrected chi connectivity index (χ4v) is 3.30. The van der Waals surface area contributed by atoms with E-state index in [4.69, 9.17) is 10.9 Å². The van der Waals surface area contributed by atoms with Crippen LogP contribution in [-0.4, -0.2) is 14.5 Å². The highest BCUT2D eigenvalue weighted by Crippen LogP contribution is 2.30. The molecule has 19 heavy (non-hydrogen) atoms. The van der Waals surface area contributed by atoms with Crippen LogP contribution < -0.4 is 16.2 Å². The first kappa shape index (κ1) is 14.1. The van der Waals surface area contributed by atoms with Crippen LogP contribution in [0.3, 0.4) is 0 Å². The molecule has 1 unspecified atom stereocenters. The van der Waals surface area contributed by atoms with Crippen molar-refractivity contribution in [1.82, 2.24) is 0 Å². The fourth-order valence-electron chi connectivity index (χ4n) is 2.71. The predicted molar refractivity (Wildman–Crippen MR) is 77.3 cm³/mol. The number of hydrogen-bond donors (Lipinski definition) is 3. The summed E-state index contributed by atoms with van der Waals surface area (Å²) in [6.07, 6.45) is 4.99. The maximum Gasteiger partial charge on any atom is 0.238 e. The normalized spacial score (nSPS) is 18.4. The first-order chi connectivity index (χ1) is 8.86. The molecule has 1 atom stereocenters. The van der Waals surface area contributed by atoms with Crippen LogP contribution in [0.4, 0.5) is 11.4 Å². The summed E-state index contributed by atoms with van der Waals surface area (Å²) in [7, 11) is -3.72. The molecule has 1 aromatic carbocycles. The standard InChI is InChI=1S/C13H21N3O2S/c1-9(10-4-2-3-5-10)16-12-6-11(14)7-13(8-12)19(15,17)18/h6-10,16H,2-5,14H2,1H3,(H2,15,17,18). The van der Waals surface area contributed by atoms with Crippen molar-refractivity contribution < 1.29 is 8.42 Å². The summed E-state index contributed by atoms with van der Waals surface area (Å²) >= 11 is 0. The molecule has 1 aliphatic rings. The van der Waals surface area contributed by atoms with Crippen molar-refractivity contribution >= 4 is 21.4 Å². The molecule has 0 heterocycles. The van der Waals surface area contributed by atoms with E-state index in [-0.39, 0.29) is 4.90 Å². The van der Waals surface area contributed by atoms with E-state index >= 15 is 0 Å². The number of anilines is 2. The summed E-state index contributed by atoms with van der Waals surface area (Å²) in [4.78, 5) is 0.0496. The Labute approximate surface area is 114 Å². The van der Waals surface area contributed by atoms with Gasteiger partial charge in [0.25, 0.3) is 0 Å². The molecule has 1 aromatic rings. The topological polar surface area (TPSA) is 98.2 Å². The quantitative estimate of drug-likeness (QED) is 0.735. The number of primary sulfonamides is 1. The second kappa shape index (κ2) is 5.38. The van der Waals surface area contributed by atoms with Gasteiger partial charge in [-0.05, 0) is 43.9 Å². The second-order valence-corrected chi connectivity index (χ2v) is 6.87. The summed E-state index contributed by atoms with van der Waals surface area (Å²) < 4.78 is 22.7. The van der Waals surface area contributed by atoms with E-state index in [9.17, 15) is 8.42 Å². The lowest BCUT2D eigenvalue weighted by Crippen LogP contribution is -2.24. The van der Waals surface area contributed by atoms with E-state index in [0.717, 1.165) is 0 Å². The van der Waals surface area contributed by atoms with Crippen molar-refractivity contribution in [2.75, 3.05) is 11.1 Å². The van der Waals surface area contributed by atoms with Crippen LogP contribution in [0.5, 0.6) is 0 Å². The SMILES string of the molecule is CC(Nc1cc(N)cc(S(N)(=O)=O)c1)C1CCCC1. The van der Waals surface area contributed by atoms with Gasteiger partial charge in [-0.2, -0.15) is 0 Å². The summed E-state index contributed by atoms with van der Waals surface area (Å²) in [5, 5.41) is 8.47. The molecule has 0 amide bonds. The zero-order valence-corrected chi connectivity index (χ0v) is 11.9. The van der Waals surface area contributed by atoms with Crippen molar-refractivity contribution in [3.05, 3.63) is 18.2 Å². The summed E-state index contributed by atoms with van der Waals surface area (Å²) in [6.45, 7) is 2.12. The van der Waals surface area contributed by atoms with Gasteiger partial charge in [-0.3, -0.25) is 0 Å². The number of sulfonamides is 1. The number of nitrogen functional groups attached to an aromatic ring is 1.